The van der Waals surface area contributed by atoms with E-state index in [9.17, 15) is 4.79 Å². The number of nitrogens with one attached hydrogen (secondary N) is 1. The molecule has 0 saturated carbocycles. The van der Waals surface area contributed by atoms with Gasteiger partial charge in [0, 0.05) is 51.3 Å². The predicted octanol–water partition coefficient (Wildman–Crippen LogP) is 1.16. The number of pyridine rings is 2. The summed E-state index contributed by atoms with van der Waals surface area (Å²) in [4.78, 5) is 25.1. The quantitative estimate of drug-likeness (QED) is 0.918. The number of likely N-dealkylation sites (N-methyl/N-ethyl adjacent to an activating group) is 1. The van der Waals surface area contributed by atoms with Crippen molar-refractivity contribution in [2.24, 2.45) is 0 Å². The van der Waals surface area contributed by atoms with Gasteiger partial charge in [0.2, 0.25) is 0 Å². The molecular weight excluding hydrogens is 290 g/mol. The van der Waals surface area contributed by atoms with Crippen LogP contribution in [0.5, 0.6) is 0 Å². The fourth-order valence-electron chi connectivity index (χ4n) is 2.57. The van der Waals surface area contributed by atoms with Crippen LogP contribution in [-0.4, -0.2) is 54.0 Å². The third-order valence-corrected chi connectivity index (χ3v) is 4.06. The second kappa shape index (κ2) is 7.19. The Morgan fingerprint density at radius 2 is 1.87 bits per heavy atom. The highest BCUT2D eigenvalue weighted by Crippen LogP contribution is 2.16. The highest BCUT2D eigenvalue weighted by Gasteiger charge is 2.16. The van der Waals surface area contributed by atoms with E-state index in [0.29, 0.717) is 12.1 Å². The first kappa shape index (κ1) is 15.4. The lowest BCUT2D eigenvalue weighted by Gasteiger charge is -2.33. The molecule has 1 N–H and O–H groups in total. The number of hydrogen-bond acceptors (Lipinski definition) is 5. The monoisotopic (exact) mass is 311 g/mol. The Bertz CT molecular complexity index is 653. The molecule has 23 heavy (non-hydrogen) atoms. The highest BCUT2D eigenvalue weighted by atomic mass is 16.1. The second-order valence-corrected chi connectivity index (χ2v) is 5.76. The van der Waals surface area contributed by atoms with Gasteiger partial charge in [0.25, 0.3) is 5.91 Å². The van der Waals surface area contributed by atoms with Crippen molar-refractivity contribution >= 4 is 11.6 Å². The van der Waals surface area contributed by atoms with Crippen molar-refractivity contribution in [1.29, 1.82) is 0 Å². The number of aromatic nitrogens is 2. The Hall–Kier alpha value is -2.47. The Morgan fingerprint density at radius 1 is 1.13 bits per heavy atom. The molecule has 120 valence electrons. The molecule has 0 bridgehead atoms. The van der Waals surface area contributed by atoms with E-state index in [-0.39, 0.29) is 5.91 Å². The van der Waals surface area contributed by atoms with Crippen LogP contribution in [0.15, 0.2) is 43.0 Å². The molecule has 1 amide bonds. The number of carbonyl (C=O) groups excluding carboxylic acids is 1. The lowest BCUT2D eigenvalue weighted by atomic mass is 10.2. The van der Waals surface area contributed by atoms with Crippen molar-refractivity contribution in [3.8, 4) is 0 Å². The first-order valence-corrected chi connectivity index (χ1v) is 7.78. The van der Waals surface area contributed by atoms with E-state index in [4.69, 9.17) is 0 Å². The van der Waals surface area contributed by atoms with Crippen LogP contribution in [0.3, 0.4) is 0 Å². The van der Waals surface area contributed by atoms with Crippen LogP contribution in [0.1, 0.15) is 15.9 Å². The van der Waals surface area contributed by atoms with Crippen LogP contribution in [0.4, 0.5) is 5.69 Å². The Labute approximate surface area is 136 Å². The van der Waals surface area contributed by atoms with Gasteiger partial charge in [0.1, 0.15) is 0 Å². The summed E-state index contributed by atoms with van der Waals surface area (Å²) in [5.41, 5.74) is 2.63. The first-order valence-electron chi connectivity index (χ1n) is 7.78. The largest absolute Gasteiger partial charge is 0.368 e. The van der Waals surface area contributed by atoms with E-state index in [2.05, 4.69) is 32.1 Å². The third-order valence-electron chi connectivity index (χ3n) is 4.06. The predicted molar refractivity (Wildman–Crippen MR) is 89.4 cm³/mol. The number of anilines is 1. The summed E-state index contributed by atoms with van der Waals surface area (Å²) in [5.74, 6) is -0.106. The van der Waals surface area contributed by atoms with E-state index >= 15 is 0 Å². The number of piperazine rings is 1. The van der Waals surface area contributed by atoms with Gasteiger partial charge in [-0.1, -0.05) is 0 Å². The van der Waals surface area contributed by atoms with Gasteiger partial charge in [-0.3, -0.25) is 14.8 Å². The summed E-state index contributed by atoms with van der Waals surface area (Å²) in [6.45, 7) is 4.46. The molecule has 2 aromatic rings. The summed E-state index contributed by atoms with van der Waals surface area (Å²) < 4.78 is 0. The van der Waals surface area contributed by atoms with Crippen LogP contribution in [0, 0.1) is 0 Å². The molecule has 0 unspecified atom stereocenters. The maximum atomic E-state index is 12.3. The minimum atomic E-state index is -0.106. The first-order chi connectivity index (χ1) is 11.2. The fraction of sp³-hybridized carbons (Fsp3) is 0.353. The molecule has 0 aliphatic carbocycles. The molecule has 1 aliphatic rings. The standard InChI is InChI=1S/C17H21N5O/c1-21-6-8-22(9-7-21)16-10-15(12-19-13-16)17(23)20-11-14-2-4-18-5-3-14/h2-5,10,12-13H,6-9,11H2,1H3,(H,20,23). The molecule has 0 aromatic carbocycles. The van der Waals surface area contributed by atoms with Crippen molar-refractivity contribution in [3.63, 3.8) is 0 Å². The molecule has 0 atom stereocenters. The van der Waals surface area contributed by atoms with Gasteiger partial charge in [-0.15, -0.1) is 0 Å². The van der Waals surface area contributed by atoms with Crippen LogP contribution in [0.2, 0.25) is 0 Å². The summed E-state index contributed by atoms with van der Waals surface area (Å²) in [6.07, 6.45) is 6.88. The Balaban J connectivity index is 1.63. The molecule has 0 spiro atoms. The van der Waals surface area contributed by atoms with E-state index < -0.39 is 0 Å². The average Bonchev–Trinajstić information content (AvgIpc) is 2.61. The number of amides is 1. The van der Waals surface area contributed by atoms with Crippen LogP contribution in [0.25, 0.3) is 0 Å². The van der Waals surface area contributed by atoms with Gasteiger partial charge in [-0.2, -0.15) is 0 Å². The summed E-state index contributed by atoms with van der Waals surface area (Å²) in [7, 11) is 2.12. The molecule has 2 aromatic heterocycles. The van der Waals surface area contributed by atoms with Gasteiger partial charge in [-0.25, -0.2) is 0 Å². The molecule has 6 nitrogen and oxygen atoms in total. The molecule has 0 radical (unpaired) electrons. The normalized spacial score (nSPS) is 15.4. The van der Waals surface area contributed by atoms with Crippen LogP contribution < -0.4 is 10.2 Å². The number of hydrogen-bond donors (Lipinski definition) is 1. The van der Waals surface area contributed by atoms with Crippen LogP contribution in [-0.2, 0) is 6.54 Å². The van der Waals surface area contributed by atoms with E-state index in [1.165, 1.54) is 0 Å². The fourth-order valence-corrected chi connectivity index (χ4v) is 2.57. The Kier molecular flexibility index (Phi) is 4.83. The lowest BCUT2D eigenvalue weighted by molar-refractivity contribution is 0.0950. The smallest absolute Gasteiger partial charge is 0.253 e. The molecule has 3 rings (SSSR count). The van der Waals surface area contributed by atoms with Crippen molar-refractivity contribution < 1.29 is 4.79 Å². The molecule has 3 heterocycles. The molecule has 6 heteroatoms. The van der Waals surface area contributed by atoms with Crippen LogP contribution >= 0.6 is 0 Å². The number of nitrogens with zero attached hydrogens (tertiary/aromatic N) is 4. The SMILES string of the molecule is CN1CCN(c2cncc(C(=O)NCc3ccncc3)c2)CC1. The summed E-state index contributed by atoms with van der Waals surface area (Å²) in [6, 6.07) is 5.69. The average molecular weight is 311 g/mol. The maximum Gasteiger partial charge on any atom is 0.253 e. The lowest BCUT2D eigenvalue weighted by Crippen LogP contribution is -2.44. The number of rotatable bonds is 4. The van der Waals surface area contributed by atoms with Crippen molar-refractivity contribution in [2.45, 2.75) is 6.54 Å². The second-order valence-electron chi connectivity index (χ2n) is 5.76. The van der Waals surface area contributed by atoms with Gasteiger partial charge in [0.05, 0.1) is 17.4 Å². The van der Waals surface area contributed by atoms with Crippen molar-refractivity contribution in [1.82, 2.24) is 20.2 Å². The molecule has 1 fully saturated rings. The Morgan fingerprint density at radius 3 is 2.61 bits per heavy atom. The zero-order valence-electron chi connectivity index (χ0n) is 13.3. The van der Waals surface area contributed by atoms with Gasteiger partial charge >= 0.3 is 0 Å². The van der Waals surface area contributed by atoms with Crippen molar-refractivity contribution in [2.75, 3.05) is 38.1 Å². The zero-order valence-corrected chi connectivity index (χ0v) is 13.3. The minimum absolute atomic E-state index is 0.106. The van der Waals surface area contributed by atoms with E-state index in [1.54, 1.807) is 18.6 Å². The molecule has 1 aliphatic heterocycles. The van der Waals surface area contributed by atoms with Gasteiger partial charge in [0.15, 0.2) is 0 Å². The highest BCUT2D eigenvalue weighted by molar-refractivity contribution is 5.94. The maximum absolute atomic E-state index is 12.3. The topological polar surface area (TPSA) is 61.4 Å². The zero-order chi connectivity index (χ0) is 16.1. The number of carbonyl (C=O) groups is 1. The summed E-state index contributed by atoms with van der Waals surface area (Å²) in [5, 5.41) is 2.92. The van der Waals surface area contributed by atoms with Gasteiger partial charge in [-0.05, 0) is 30.8 Å². The summed E-state index contributed by atoms with van der Waals surface area (Å²) >= 11 is 0. The van der Waals surface area contributed by atoms with E-state index in [0.717, 1.165) is 37.4 Å². The van der Waals surface area contributed by atoms with E-state index in [1.807, 2.05) is 24.4 Å². The van der Waals surface area contributed by atoms with Gasteiger partial charge < -0.3 is 15.1 Å². The minimum Gasteiger partial charge on any atom is -0.368 e. The molecule has 1 saturated heterocycles. The van der Waals surface area contributed by atoms with Crippen molar-refractivity contribution in [3.05, 3.63) is 54.1 Å². The third kappa shape index (κ3) is 4.04. The molecular formula is C17H21N5O.